The lowest BCUT2D eigenvalue weighted by molar-refractivity contribution is -0.133. The second-order valence-corrected chi connectivity index (χ2v) is 6.68. The maximum Gasteiger partial charge on any atom is 0.236 e. The van der Waals surface area contributed by atoms with Crippen LogP contribution in [0.4, 0.5) is 0 Å². The topological polar surface area (TPSA) is 58.8 Å². The van der Waals surface area contributed by atoms with Gasteiger partial charge in [-0.2, -0.15) is 0 Å². The third-order valence-electron chi connectivity index (χ3n) is 5.05. The van der Waals surface area contributed by atoms with Crippen LogP contribution in [-0.2, 0) is 4.79 Å². The molecule has 2 fully saturated rings. The van der Waals surface area contributed by atoms with E-state index in [1.807, 2.05) is 17.0 Å². The van der Waals surface area contributed by atoms with Crippen LogP contribution >= 0.6 is 24.8 Å². The molecule has 0 saturated carbocycles. The van der Waals surface area contributed by atoms with E-state index < -0.39 is 0 Å². The number of carbonyl (C=O) groups excluding carboxylic acids is 1. The SMILES string of the molecule is COc1ccc([C@H]2CN(CC(=O)N3CCCCC3)C[C@@H]2N)cc1.Cl.Cl. The Balaban J connectivity index is 0.00000156. The molecule has 7 heteroatoms. The third kappa shape index (κ3) is 5.48. The van der Waals surface area contributed by atoms with Gasteiger partial charge < -0.3 is 15.4 Å². The van der Waals surface area contributed by atoms with E-state index in [0.717, 1.165) is 44.8 Å². The van der Waals surface area contributed by atoms with Crippen LogP contribution in [0.15, 0.2) is 24.3 Å². The van der Waals surface area contributed by atoms with Gasteiger partial charge in [0.1, 0.15) is 5.75 Å². The van der Waals surface area contributed by atoms with Crippen molar-refractivity contribution in [3.8, 4) is 5.75 Å². The number of nitrogens with two attached hydrogens (primary N) is 1. The average Bonchev–Trinajstić information content (AvgIpc) is 2.96. The minimum Gasteiger partial charge on any atom is -0.497 e. The number of halogens is 2. The number of methoxy groups -OCH3 is 1. The Hall–Kier alpha value is -1.01. The summed E-state index contributed by atoms with van der Waals surface area (Å²) in [4.78, 5) is 16.6. The fourth-order valence-corrected chi connectivity index (χ4v) is 3.68. The van der Waals surface area contributed by atoms with E-state index in [4.69, 9.17) is 10.5 Å². The average molecular weight is 390 g/mol. The molecule has 2 aliphatic heterocycles. The molecule has 2 atom stereocenters. The maximum atomic E-state index is 12.4. The Morgan fingerprint density at radius 3 is 2.36 bits per heavy atom. The van der Waals surface area contributed by atoms with Crippen molar-refractivity contribution < 1.29 is 9.53 Å². The molecular weight excluding hydrogens is 361 g/mol. The van der Waals surface area contributed by atoms with Gasteiger partial charge >= 0.3 is 0 Å². The van der Waals surface area contributed by atoms with Crippen LogP contribution < -0.4 is 10.5 Å². The van der Waals surface area contributed by atoms with Crippen LogP contribution in [0, 0.1) is 0 Å². The molecule has 2 aliphatic rings. The first kappa shape index (κ1) is 22.0. The van der Waals surface area contributed by atoms with Gasteiger partial charge in [-0.1, -0.05) is 12.1 Å². The number of rotatable bonds is 4. The Labute approximate surface area is 162 Å². The molecule has 0 unspecified atom stereocenters. The Morgan fingerprint density at radius 1 is 1.12 bits per heavy atom. The normalized spacial score (nSPS) is 23.5. The molecule has 5 nitrogen and oxygen atoms in total. The van der Waals surface area contributed by atoms with E-state index in [9.17, 15) is 4.79 Å². The van der Waals surface area contributed by atoms with Crippen molar-refractivity contribution in [2.24, 2.45) is 5.73 Å². The van der Waals surface area contributed by atoms with Crippen molar-refractivity contribution in [2.45, 2.75) is 31.2 Å². The Kier molecular flexibility index (Phi) is 9.00. The predicted octanol–water partition coefficient (Wildman–Crippen LogP) is 2.28. The lowest BCUT2D eigenvalue weighted by Crippen LogP contribution is -2.42. The van der Waals surface area contributed by atoms with Gasteiger partial charge in [-0.25, -0.2) is 0 Å². The molecule has 25 heavy (non-hydrogen) atoms. The van der Waals surface area contributed by atoms with Gasteiger partial charge in [0, 0.05) is 38.1 Å². The first-order valence-electron chi connectivity index (χ1n) is 8.57. The zero-order chi connectivity index (χ0) is 16.2. The first-order chi connectivity index (χ1) is 11.2. The van der Waals surface area contributed by atoms with Gasteiger partial charge in [0.05, 0.1) is 13.7 Å². The van der Waals surface area contributed by atoms with E-state index in [2.05, 4.69) is 17.0 Å². The quantitative estimate of drug-likeness (QED) is 0.857. The van der Waals surface area contributed by atoms with Crippen LogP contribution in [0.5, 0.6) is 5.75 Å². The number of ether oxygens (including phenoxy) is 1. The smallest absolute Gasteiger partial charge is 0.236 e. The zero-order valence-electron chi connectivity index (χ0n) is 14.7. The van der Waals surface area contributed by atoms with Crippen molar-refractivity contribution >= 4 is 30.7 Å². The summed E-state index contributed by atoms with van der Waals surface area (Å²) in [6, 6.07) is 8.20. The maximum absolute atomic E-state index is 12.4. The van der Waals surface area contributed by atoms with Crippen molar-refractivity contribution in [1.82, 2.24) is 9.80 Å². The highest BCUT2D eigenvalue weighted by molar-refractivity contribution is 5.85. The molecule has 0 radical (unpaired) electrons. The molecular formula is C18H29Cl2N3O2. The van der Waals surface area contributed by atoms with Crippen LogP contribution in [-0.4, -0.2) is 61.6 Å². The lowest BCUT2D eigenvalue weighted by atomic mass is 9.95. The molecule has 1 aromatic rings. The number of hydrogen-bond acceptors (Lipinski definition) is 4. The monoisotopic (exact) mass is 389 g/mol. The molecule has 0 aromatic heterocycles. The highest BCUT2D eigenvalue weighted by Crippen LogP contribution is 2.28. The molecule has 0 spiro atoms. The molecule has 1 aromatic carbocycles. The standard InChI is InChI=1S/C18H27N3O2.2ClH/c1-23-15-7-5-14(6-8-15)16-11-20(12-17(16)19)13-18(22)21-9-3-2-4-10-21;;/h5-8,16-17H,2-4,9-13,19H2,1H3;2*1H/t16-,17+;;/m1../s1. The van der Waals surface area contributed by atoms with Gasteiger partial charge in [-0.05, 0) is 37.0 Å². The molecule has 0 aliphatic carbocycles. The number of nitrogens with zero attached hydrogens (tertiary/aromatic N) is 2. The molecule has 3 rings (SSSR count). The highest BCUT2D eigenvalue weighted by atomic mass is 35.5. The Morgan fingerprint density at radius 2 is 1.76 bits per heavy atom. The number of hydrogen-bond donors (Lipinski definition) is 1. The van der Waals surface area contributed by atoms with Crippen molar-refractivity contribution in [3.63, 3.8) is 0 Å². The zero-order valence-corrected chi connectivity index (χ0v) is 16.4. The van der Waals surface area contributed by atoms with Gasteiger partial charge in [0.15, 0.2) is 0 Å². The largest absolute Gasteiger partial charge is 0.497 e. The molecule has 2 saturated heterocycles. The first-order valence-corrected chi connectivity index (χ1v) is 8.57. The van der Waals surface area contributed by atoms with E-state index in [1.165, 1.54) is 12.0 Å². The Bertz CT molecular complexity index is 536. The summed E-state index contributed by atoms with van der Waals surface area (Å²) in [6.45, 7) is 3.98. The summed E-state index contributed by atoms with van der Waals surface area (Å²) >= 11 is 0. The number of carbonyl (C=O) groups is 1. The summed E-state index contributed by atoms with van der Waals surface area (Å²) < 4.78 is 5.21. The van der Waals surface area contributed by atoms with Crippen molar-refractivity contribution in [1.29, 1.82) is 0 Å². The fraction of sp³-hybridized carbons (Fsp3) is 0.611. The van der Waals surface area contributed by atoms with E-state index in [0.29, 0.717) is 6.54 Å². The van der Waals surface area contributed by atoms with Crippen molar-refractivity contribution in [3.05, 3.63) is 29.8 Å². The second-order valence-electron chi connectivity index (χ2n) is 6.68. The predicted molar refractivity (Wildman–Crippen MR) is 105 cm³/mol. The molecule has 142 valence electrons. The molecule has 0 bridgehead atoms. The lowest BCUT2D eigenvalue weighted by Gasteiger charge is -2.28. The highest BCUT2D eigenvalue weighted by Gasteiger charge is 2.33. The molecule has 2 N–H and O–H groups in total. The number of likely N-dealkylation sites (tertiary alicyclic amines) is 2. The van der Waals surface area contributed by atoms with E-state index in [-0.39, 0.29) is 42.7 Å². The van der Waals surface area contributed by atoms with Crippen LogP contribution in [0.25, 0.3) is 0 Å². The number of piperidine rings is 1. The number of amides is 1. The van der Waals surface area contributed by atoms with Crippen LogP contribution in [0.2, 0.25) is 0 Å². The summed E-state index contributed by atoms with van der Waals surface area (Å²) in [5, 5.41) is 0. The minimum absolute atomic E-state index is 0. The molecule has 1 amide bonds. The fourth-order valence-electron chi connectivity index (χ4n) is 3.68. The molecule has 2 heterocycles. The van der Waals surface area contributed by atoms with Crippen LogP contribution in [0.3, 0.4) is 0 Å². The van der Waals surface area contributed by atoms with Crippen molar-refractivity contribution in [2.75, 3.05) is 39.8 Å². The summed E-state index contributed by atoms with van der Waals surface area (Å²) in [6.07, 6.45) is 3.53. The third-order valence-corrected chi connectivity index (χ3v) is 5.05. The van der Waals surface area contributed by atoms with Crippen LogP contribution in [0.1, 0.15) is 30.7 Å². The summed E-state index contributed by atoms with van der Waals surface area (Å²) in [5.41, 5.74) is 7.56. The van der Waals surface area contributed by atoms with Gasteiger partial charge in [0.25, 0.3) is 0 Å². The second kappa shape index (κ2) is 10.2. The van der Waals surface area contributed by atoms with Gasteiger partial charge in [0.2, 0.25) is 5.91 Å². The van der Waals surface area contributed by atoms with Gasteiger partial charge in [-0.15, -0.1) is 24.8 Å². The van der Waals surface area contributed by atoms with Gasteiger partial charge in [-0.3, -0.25) is 9.69 Å². The summed E-state index contributed by atoms with van der Waals surface area (Å²) in [7, 11) is 1.67. The minimum atomic E-state index is 0. The summed E-state index contributed by atoms with van der Waals surface area (Å²) in [5.74, 6) is 1.40. The number of benzene rings is 1. The van der Waals surface area contributed by atoms with E-state index >= 15 is 0 Å². The van der Waals surface area contributed by atoms with E-state index in [1.54, 1.807) is 7.11 Å².